The number of ether oxygens (including phenoxy) is 7. The maximum absolute atomic E-state index is 15.4. The van der Waals surface area contributed by atoms with Gasteiger partial charge in [0.05, 0.1) is 94.5 Å². The molecule has 2 aromatic carbocycles. The van der Waals surface area contributed by atoms with E-state index in [0.717, 1.165) is 12.0 Å². The molecule has 2 aromatic heterocycles. The highest BCUT2D eigenvalue weighted by atomic mass is 19.1. The first-order chi connectivity index (χ1) is 38.9. The van der Waals surface area contributed by atoms with Gasteiger partial charge in [-0.15, -0.1) is 0 Å². The average Bonchev–Trinajstić information content (AvgIpc) is 4.10. The fourth-order valence-electron chi connectivity index (χ4n) is 10.1. The van der Waals surface area contributed by atoms with Gasteiger partial charge in [0.25, 0.3) is 5.56 Å². The van der Waals surface area contributed by atoms with Gasteiger partial charge in [0.15, 0.2) is 5.60 Å². The van der Waals surface area contributed by atoms with Crippen LogP contribution in [-0.4, -0.2) is 135 Å². The first-order valence-electron chi connectivity index (χ1n) is 27.6. The molecule has 0 fully saturated rings. The molecule has 0 spiro atoms. The van der Waals surface area contributed by atoms with Gasteiger partial charge in [0.1, 0.15) is 31.1 Å². The van der Waals surface area contributed by atoms with Crippen molar-refractivity contribution in [3.8, 4) is 11.4 Å². The maximum Gasteiger partial charge on any atom is 0.407 e. The number of carbonyl (C=O) groups excluding carboxylic acids is 6. The van der Waals surface area contributed by atoms with E-state index in [4.69, 9.17) is 43.9 Å². The number of nitrogens with one attached hydrogen (secondary N) is 5. The van der Waals surface area contributed by atoms with E-state index >= 15 is 4.39 Å². The van der Waals surface area contributed by atoms with Gasteiger partial charge in [-0.05, 0) is 91.8 Å². The molecule has 6 amide bonds. The zero-order chi connectivity index (χ0) is 58.2. The van der Waals surface area contributed by atoms with Gasteiger partial charge in [-0.1, -0.05) is 39.8 Å². The number of fused-ring (bicyclic) bond motifs is 5. The third-order valence-corrected chi connectivity index (χ3v) is 14.4. The highest BCUT2D eigenvalue weighted by Crippen LogP contribution is 2.46. The Morgan fingerprint density at radius 1 is 0.877 bits per heavy atom. The van der Waals surface area contributed by atoms with Crippen molar-refractivity contribution in [2.75, 3.05) is 77.9 Å². The summed E-state index contributed by atoms with van der Waals surface area (Å²) in [5.41, 5.74) is 7.50. The Morgan fingerprint density at radius 3 is 2.16 bits per heavy atom. The molecule has 4 atom stereocenters. The van der Waals surface area contributed by atoms with Crippen LogP contribution in [0.15, 0.2) is 41.2 Å². The van der Waals surface area contributed by atoms with Crippen LogP contribution in [0.2, 0.25) is 0 Å². The maximum atomic E-state index is 15.4. The van der Waals surface area contributed by atoms with Crippen LogP contribution in [0.1, 0.15) is 111 Å². The van der Waals surface area contributed by atoms with Gasteiger partial charge in [0, 0.05) is 47.8 Å². The molecule has 0 radical (unpaired) electrons. The van der Waals surface area contributed by atoms with Crippen LogP contribution in [0, 0.1) is 18.7 Å². The van der Waals surface area contributed by atoms with E-state index in [2.05, 4.69) is 26.6 Å². The summed E-state index contributed by atoms with van der Waals surface area (Å²) in [6, 6.07) is 5.95. The van der Waals surface area contributed by atoms with Crippen LogP contribution in [0.5, 0.6) is 0 Å². The fraction of sp³-hybridized carbons (Fsp3) is 0.544. The lowest BCUT2D eigenvalue weighted by Gasteiger charge is -2.31. The molecule has 0 saturated carbocycles. The van der Waals surface area contributed by atoms with Gasteiger partial charge >= 0.3 is 18.1 Å². The number of rotatable bonds is 31. The number of cyclic esters (lactones) is 1. The van der Waals surface area contributed by atoms with Crippen molar-refractivity contribution in [3.05, 3.63) is 91.5 Å². The number of pyridine rings is 2. The Balaban J connectivity index is 0.913. The summed E-state index contributed by atoms with van der Waals surface area (Å²) in [5, 5.41) is 25.9. The summed E-state index contributed by atoms with van der Waals surface area (Å²) < 4.78 is 55.2. The van der Waals surface area contributed by atoms with E-state index < -0.39 is 70.9 Å². The highest BCUT2D eigenvalue weighted by Gasteiger charge is 2.46. The van der Waals surface area contributed by atoms with E-state index in [-0.39, 0.29) is 82.2 Å². The van der Waals surface area contributed by atoms with Crippen molar-refractivity contribution in [1.82, 2.24) is 30.8 Å². The minimum atomic E-state index is -2.04. The predicted molar refractivity (Wildman–Crippen MR) is 293 cm³/mol. The quantitative estimate of drug-likeness (QED) is 0.0240. The van der Waals surface area contributed by atoms with E-state index in [1.165, 1.54) is 10.6 Å². The Kier molecular flexibility index (Phi) is 22.1. The fourth-order valence-corrected chi connectivity index (χ4v) is 10.1. The van der Waals surface area contributed by atoms with Crippen LogP contribution in [0.4, 0.5) is 19.7 Å². The first-order valence-corrected chi connectivity index (χ1v) is 27.6. The Hall–Kier alpha value is -7.09. The van der Waals surface area contributed by atoms with Gasteiger partial charge in [-0.2, -0.15) is 0 Å². The van der Waals surface area contributed by atoms with E-state index in [0.29, 0.717) is 116 Å². The molecule has 24 heteroatoms. The summed E-state index contributed by atoms with van der Waals surface area (Å²) in [6.45, 7) is 12.7. The lowest BCUT2D eigenvalue weighted by Crippen LogP contribution is -2.54. The normalized spacial score (nSPS) is 16.6. The molecule has 0 saturated heterocycles. The minimum Gasteiger partial charge on any atom is -0.458 e. The second-order valence-electron chi connectivity index (χ2n) is 20.4. The molecular formula is C57H75FN8O15. The predicted octanol–water partition coefficient (Wildman–Crippen LogP) is 4.34. The molecule has 4 aromatic rings. The number of carbonyl (C=O) groups is 6. The number of anilines is 1. The summed E-state index contributed by atoms with van der Waals surface area (Å²) in [7, 11) is 0. The third kappa shape index (κ3) is 15.5. The number of aliphatic hydroxyl groups is 1. The number of halogens is 1. The molecule has 7 rings (SSSR count). The van der Waals surface area contributed by atoms with Crippen LogP contribution >= 0.6 is 0 Å². The summed E-state index contributed by atoms with van der Waals surface area (Å²) in [4.78, 5) is 97.1. The van der Waals surface area contributed by atoms with E-state index in [9.17, 15) is 38.7 Å². The molecule has 3 aliphatic rings. The molecule has 81 heavy (non-hydrogen) atoms. The number of hydrogen-bond donors (Lipinski definition) is 7. The van der Waals surface area contributed by atoms with Gasteiger partial charge in [0.2, 0.25) is 17.7 Å². The smallest absolute Gasteiger partial charge is 0.407 e. The Morgan fingerprint density at radius 2 is 1.53 bits per heavy atom. The summed E-state index contributed by atoms with van der Waals surface area (Å²) >= 11 is 0. The number of nitrogens with two attached hydrogens (primary N) is 1. The molecule has 23 nitrogen and oxygen atoms in total. The zero-order valence-corrected chi connectivity index (χ0v) is 46.6. The number of aryl methyl sites for hydroxylation is 1. The number of benzene rings is 2. The van der Waals surface area contributed by atoms with Crippen molar-refractivity contribution < 1.29 is 71.4 Å². The Labute approximate surface area is 468 Å². The van der Waals surface area contributed by atoms with Crippen LogP contribution in [-0.2, 0) is 84.1 Å². The largest absolute Gasteiger partial charge is 0.458 e. The number of urea groups is 1. The zero-order valence-electron chi connectivity index (χ0n) is 46.6. The number of hydrogen-bond acceptors (Lipinski definition) is 16. The number of alkyl carbamates (subject to hydrolysis) is 1. The molecule has 4 heterocycles. The van der Waals surface area contributed by atoms with E-state index in [1.54, 1.807) is 58.0 Å². The third-order valence-electron chi connectivity index (χ3n) is 14.4. The number of primary amides is 1. The number of esters is 1. The van der Waals surface area contributed by atoms with Crippen molar-refractivity contribution in [1.29, 1.82) is 0 Å². The van der Waals surface area contributed by atoms with Gasteiger partial charge in [-0.3, -0.25) is 19.2 Å². The van der Waals surface area contributed by atoms with Crippen molar-refractivity contribution in [2.24, 2.45) is 11.7 Å². The highest BCUT2D eigenvalue weighted by molar-refractivity contribution is 5.99. The topological polar surface area (TPSA) is 308 Å². The van der Waals surface area contributed by atoms with Crippen molar-refractivity contribution in [2.45, 2.75) is 123 Å². The molecule has 2 aliphatic heterocycles. The monoisotopic (exact) mass is 1130 g/mol. The van der Waals surface area contributed by atoms with Crippen LogP contribution in [0.3, 0.4) is 0 Å². The van der Waals surface area contributed by atoms with Crippen molar-refractivity contribution >= 4 is 52.4 Å². The molecule has 8 N–H and O–H groups in total. The summed E-state index contributed by atoms with van der Waals surface area (Å²) in [5.74, 6) is -3.25. The Bertz CT molecular complexity index is 2970. The standard InChI is InChI=1S/C57H75FN8O15/c1-6-18-75-20-22-77-24-26-79-27-25-78-23-21-76-19-16-46(67)65-49(33(3)4)52(69)63-43(9-8-17-60-55(59)72)51(68)61-36-12-10-35(11-13-36)31-81-56(73)64-42-15-14-37-34(5)41(58)29-44-47(37)48(42)38-30-66-45(50(38)62-44)28-40-39(53(66)70)32-80-54(71)57(40,74)7-2/h10-13,28-29,33,42-43,49,74H,6-9,14-27,30-32H2,1-5H3,(H,61,68)(H,63,69)(H,64,73)(H,65,67)(H3,59,60,72)/t42-,43-,49-,57-/m0/s1. The lowest BCUT2D eigenvalue weighted by atomic mass is 9.81. The average molecular weight is 1130 g/mol. The molecule has 0 bridgehead atoms. The molecule has 1 aliphatic carbocycles. The van der Waals surface area contributed by atoms with Crippen LogP contribution < -0.4 is 37.9 Å². The minimum absolute atomic E-state index is 0.0241. The second kappa shape index (κ2) is 29.1. The van der Waals surface area contributed by atoms with Crippen molar-refractivity contribution in [3.63, 3.8) is 0 Å². The second-order valence-corrected chi connectivity index (χ2v) is 20.4. The molecular weight excluding hydrogens is 1060 g/mol. The molecule has 0 unspecified atom stereocenters. The summed E-state index contributed by atoms with van der Waals surface area (Å²) in [6.07, 6.45) is 1.32. The number of aromatic nitrogens is 2. The number of nitrogens with zero attached hydrogens (tertiary/aromatic N) is 2. The van der Waals surface area contributed by atoms with Gasteiger partial charge < -0.3 is 75.1 Å². The van der Waals surface area contributed by atoms with Crippen LogP contribution in [0.25, 0.3) is 22.3 Å². The molecule has 440 valence electrons. The van der Waals surface area contributed by atoms with E-state index in [1.807, 2.05) is 6.92 Å². The number of amides is 6. The first kappa shape index (κ1) is 61.5. The lowest BCUT2D eigenvalue weighted by molar-refractivity contribution is -0.172. The SMILES string of the molecule is CCCOCCOCCOCCOCCOCCC(=O)N[C@H](C(=O)N[C@@H](CCCNC(N)=O)C(=O)Nc1ccc(COC(=O)N[C@H]2CCc3c(C)c(F)cc4nc5c(c2c34)Cn2c-5cc3c(c2=O)COC(=O)[C@]3(O)CC)cc1)C(C)C. The van der Waals surface area contributed by atoms with Gasteiger partial charge in [-0.25, -0.2) is 23.8 Å².